The molecule has 1 aromatic heterocycles. The number of pyridine rings is 1. The molecule has 1 aliphatic heterocycles. The van der Waals surface area contributed by atoms with Crippen molar-refractivity contribution >= 4 is 5.91 Å². The van der Waals surface area contributed by atoms with Crippen LogP contribution in [-0.4, -0.2) is 61.1 Å². The van der Waals surface area contributed by atoms with E-state index in [4.69, 9.17) is 4.74 Å². The highest BCUT2D eigenvalue weighted by Crippen LogP contribution is 2.23. The smallest absolute Gasteiger partial charge is 0.255 e. The van der Waals surface area contributed by atoms with E-state index in [1.165, 1.54) is 11.1 Å². The first-order valence-electron chi connectivity index (χ1n) is 10.5. The predicted octanol–water partition coefficient (Wildman–Crippen LogP) is 3.56. The van der Waals surface area contributed by atoms with E-state index in [-0.39, 0.29) is 5.91 Å². The summed E-state index contributed by atoms with van der Waals surface area (Å²) in [6.45, 7) is 6.24. The van der Waals surface area contributed by atoms with Gasteiger partial charge in [-0.15, -0.1) is 0 Å². The topological polar surface area (TPSA) is 45.7 Å². The van der Waals surface area contributed by atoms with E-state index < -0.39 is 0 Å². The lowest BCUT2D eigenvalue weighted by Gasteiger charge is -2.32. The van der Waals surface area contributed by atoms with Crippen molar-refractivity contribution in [2.24, 2.45) is 5.92 Å². The Balaban J connectivity index is 1.45. The van der Waals surface area contributed by atoms with Crippen LogP contribution < -0.4 is 0 Å². The number of carbonyl (C=O) groups is 1. The van der Waals surface area contributed by atoms with Crippen LogP contribution in [0.5, 0.6) is 0 Å². The monoisotopic (exact) mass is 395 g/mol. The van der Waals surface area contributed by atoms with Gasteiger partial charge in [0.25, 0.3) is 5.91 Å². The third-order valence-corrected chi connectivity index (χ3v) is 5.74. The number of aryl methyl sites for hydroxylation is 1. The third-order valence-electron chi connectivity index (χ3n) is 5.74. The zero-order valence-corrected chi connectivity index (χ0v) is 17.9. The molecular formula is C24H33N3O2. The lowest BCUT2D eigenvalue weighted by atomic mass is 9.89. The number of benzene rings is 1. The van der Waals surface area contributed by atoms with Gasteiger partial charge in [-0.3, -0.25) is 14.7 Å². The summed E-state index contributed by atoms with van der Waals surface area (Å²) in [6.07, 6.45) is 4.91. The zero-order chi connectivity index (χ0) is 20.6. The van der Waals surface area contributed by atoms with Gasteiger partial charge in [0.1, 0.15) is 0 Å². The van der Waals surface area contributed by atoms with Crippen molar-refractivity contribution in [3.8, 4) is 0 Å². The van der Waals surface area contributed by atoms with Crippen molar-refractivity contribution in [2.75, 3.05) is 40.4 Å². The summed E-state index contributed by atoms with van der Waals surface area (Å²) in [7, 11) is 3.86. The van der Waals surface area contributed by atoms with Crippen molar-refractivity contribution in [3.05, 3.63) is 65.0 Å². The first kappa shape index (κ1) is 21.5. The fourth-order valence-corrected chi connectivity index (χ4v) is 3.87. The molecule has 0 atom stereocenters. The van der Waals surface area contributed by atoms with Gasteiger partial charge >= 0.3 is 0 Å². The lowest BCUT2D eigenvalue weighted by molar-refractivity contribution is 0.0690. The molecule has 5 nitrogen and oxygen atoms in total. The average molecular weight is 396 g/mol. The van der Waals surface area contributed by atoms with Crippen LogP contribution >= 0.6 is 0 Å². The number of ether oxygens (including phenoxy) is 1. The molecule has 0 saturated carbocycles. The molecule has 156 valence electrons. The molecule has 0 radical (unpaired) electrons. The molecule has 5 heteroatoms. The number of hydrogen-bond donors (Lipinski definition) is 0. The molecule has 2 heterocycles. The SMILES string of the molecule is COCCN(C)Cc1ccc(CC2CCN(C(=O)c3ccc(C)nc3)CC2)cc1. The Morgan fingerprint density at radius 2 is 1.83 bits per heavy atom. The minimum Gasteiger partial charge on any atom is -0.383 e. The van der Waals surface area contributed by atoms with Crippen LogP contribution in [0, 0.1) is 12.8 Å². The van der Waals surface area contributed by atoms with Crippen LogP contribution in [0.1, 0.15) is 40.0 Å². The standard InChI is InChI=1S/C24H33N3O2/c1-19-4-9-23(17-25-19)24(28)27-12-10-21(11-13-27)16-20-5-7-22(8-6-20)18-26(2)14-15-29-3/h4-9,17,21H,10-16,18H2,1-3H3. The number of hydrogen-bond acceptors (Lipinski definition) is 4. The molecule has 0 unspecified atom stereocenters. The van der Waals surface area contributed by atoms with Crippen molar-refractivity contribution in [1.82, 2.24) is 14.8 Å². The number of piperidine rings is 1. The second-order valence-electron chi connectivity index (χ2n) is 8.18. The largest absolute Gasteiger partial charge is 0.383 e. The minimum absolute atomic E-state index is 0.109. The normalized spacial score (nSPS) is 15.1. The summed E-state index contributed by atoms with van der Waals surface area (Å²) in [4.78, 5) is 21.1. The van der Waals surface area contributed by atoms with E-state index in [1.54, 1.807) is 13.3 Å². The van der Waals surface area contributed by atoms with E-state index in [0.717, 1.165) is 57.7 Å². The first-order valence-corrected chi connectivity index (χ1v) is 10.5. The van der Waals surface area contributed by atoms with Crippen molar-refractivity contribution in [2.45, 2.75) is 32.7 Å². The third kappa shape index (κ3) is 6.38. The van der Waals surface area contributed by atoms with Gasteiger partial charge in [0.2, 0.25) is 0 Å². The van der Waals surface area contributed by atoms with Gasteiger partial charge in [-0.25, -0.2) is 0 Å². The molecule has 2 aromatic rings. The second kappa shape index (κ2) is 10.5. The number of amides is 1. The molecule has 29 heavy (non-hydrogen) atoms. The second-order valence-corrected chi connectivity index (χ2v) is 8.18. The van der Waals surface area contributed by atoms with E-state index in [2.05, 4.69) is 41.2 Å². The molecule has 3 rings (SSSR count). The molecule has 1 aliphatic rings. The Labute approximate surface area is 174 Å². The van der Waals surface area contributed by atoms with Gasteiger partial charge in [0, 0.05) is 45.2 Å². The van der Waals surface area contributed by atoms with Crippen LogP contribution in [-0.2, 0) is 17.7 Å². The van der Waals surface area contributed by atoms with Crippen molar-refractivity contribution < 1.29 is 9.53 Å². The number of aromatic nitrogens is 1. The highest BCUT2D eigenvalue weighted by molar-refractivity contribution is 5.93. The molecule has 1 amide bonds. The fraction of sp³-hybridized carbons (Fsp3) is 0.500. The highest BCUT2D eigenvalue weighted by Gasteiger charge is 2.24. The average Bonchev–Trinajstić information content (AvgIpc) is 2.74. The Hall–Kier alpha value is -2.24. The highest BCUT2D eigenvalue weighted by atomic mass is 16.5. The zero-order valence-electron chi connectivity index (χ0n) is 17.9. The van der Waals surface area contributed by atoms with Crippen LogP contribution in [0.3, 0.4) is 0 Å². The predicted molar refractivity (Wildman–Crippen MR) is 116 cm³/mol. The molecule has 1 fully saturated rings. The van der Waals surface area contributed by atoms with Crippen molar-refractivity contribution in [1.29, 1.82) is 0 Å². The molecule has 0 N–H and O–H groups in total. The summed E-state index contributed by atoms with van der Waals surface area (Å²) in [5.41, 5.74) is 4.35. The van der Waals surface area contributed by atoms with E-state index in [0.29, 0.717) is 11.5 Å². The molecular weight excluding hydrogens is 362 g/mol. The molecule has 1 aromatic carbocycles. The number of rotatable bonds is 8. The summed E-state index contributed by atoms with van der Waals surface area (Å²) < 4.78 is 5.14. The van der Waals surface area contributed by atoms with Crippen LogP contribution in [0.15, 0.2) is 42.6 Å². The Morgan fingerprint density at radius 3 is 2.45 bits per heavy atom. The number of nitrogens with zero attached hydrogens (tertiary/aromatic N) is 3. The molecule has 1 saturated heterocycles. The maximum atomic E-state index is 12.6. The maximum Gasteiger partial charge on any atom is 0.255 e. The lowest BCUT2D eigenvalue weighted by Crippen LogP contribution is -2.39. The van der Waals surface area contributed by atoms with Gasteiger partial charge in [0.15, 0.2) is 0 Å². The van der Waals surface area contributed by atoms with Crippen LogP contribution in [0.25, 0.3) is 0 Å². The van der Waals surface area contributed by atoms with Gasteiger partial charge in [-0.2, -0.15) is 0 Å². The molecule has 0 aliphatic carbocycles. The maximum absolute atomic E-state index is 12.6. The molecule has 0 bridgehead atoms. The van der Waals surface area contributed by atoms with Crippen molar-refractivity contribution in [3.63, 3.8) is 0 Å². The number of likely N-dealkylation sites (tertiary alicyclic amines) is 1. The van der Waals surface area contributed by atoms with Gasteiger partial charge in [-0.05, 0) is 62.4 Å². The fourth-order valence-electron chi connectivity index (χ4n) is 3.87. The quantitative estimate of drug-likeness (QED) is 0.686. The van der Waals surface area contributed by atoms with E-state index in [1.807, 2.05) is 24.0 Å². The summed E-state index contributed by atoms with van der Waals surface area (Å²) in [5.74, 6) is 0.753. The Morgan fingerprint density at radius 1 is 1.14 bits per heavy atom. The number of carbonyl (C=O) groups excluding carboxylic acids is 1. The Bertz CT molecular complexity index is 766. The van der Waals surface area contributed by atoms with Crippen LogP contribution in [0.2, 0.25) is 0 Å². The number of methoxy groups -OCH3 is 1. The van der Waals surface area contributed by atoms with E-state index >= 15 is 0 Å². The number of likely N-dealkylation sites (N-methyl/N-ethyl adjacent to an activating group) is 1. The molecule has 0 spiro atoms. The summed E-state index contributed by atoms with van der Waals surface area (Å²) in [5, 5.41) is 0. The first-order chi connectivity index (χ1) is 14.0. The summed E-state index contributed by atoms with van der Waals surface area (Å²) >= 11 is 0. The summed E-state index contributed by atoms with van der Waals surface area (Å²) in [6, 6.07) is 12.8. The van der Waals surface area contributed by atoms with Gasteiger partial charge in [0.05, 0.1) is 12.2 Å². The minimum atomic E-state index is 0.109. The van der Waals surface area contributed by atoms with E-state index in [9.17, 15) is 4.79 Å². The van der Waals surface area contributed by atoms with Gasteiger partial charge < -0.3 is 9.64 Å². The Kier molecular flexibility index (Phi) is 7.78. The van der Waals surface area contributed by atoms with Crippen LogP contribution in [0.4, 0.5) is 0 Å². The van der Waals surface area contributed by atoms with Gasteiger partial charge in [-0.1, -0.05) is 24.3 Å².